The number of amides is 1. The second-order valence-electron chi connectivity index (χ2n) is 7.55. The van der Waals surface area contributed by atoms with Crippen LogP contribution >= 0.6 is 15.9 Å². The molecule has 0 N–H and O–H groups in total. The maximum Gasteiger partial charge on any atom is 0.227 e. The third kappa shape index (κ3) is 3.52. The molecule has 1 aliphatic heterocycles. The fraction of sp³-hybridized carbons (Fsp3) is 0.167. The first kappa shape index (κ1) is 19.0. The smallest absolute Gasteiger partial charge is 0.227 e. The number of benzene rings is 3. The monoisotopic (exact) mass is 463 g/mol. The van der Waals surface area contributed by atoms with E-state index in [0.29, 0.717) is 19.5 Å². The van der Waals surface area contributed by atoms with Gasteiger partial charge in [-0.1, -0.05) is 40.2 Å². The highest BCUT2D eigenvalue weighted by atomic mass is 79.9. The van der Waals surface area contributed by atoms with Gasteiger partial charge in [0.05, 0.1) is 11.0 Å². The van der Waals surface area contributed by atoms with E-state index in [2.05, 4.69) is 38.7 Å². The van der Waals surface area contributed by atoms with Crippen LogP contribution in [0.15, 0.2) is 77.3 Å². The van der Waals surface area contributed by atoms with Crippen molar-refractivity contribution in [3.05, 3.63) is 94.5 Å². The van der Waals surface area contributed by atoms with Crippen molar-refractivity contribution in [2.45, 2.75) is 18.9 Å². The summed E-state index contributed by atoms with van der Waals surface area (Å²) in [6.07, 6.45) is 0.390. The fourth-order valence-electron chi connectivity index (χ4n) is 4.10. The van der Waals surface area contributed by atoms with Crippen LogP contribution in [0.4, 0.5) is 10.1 Å². The van der Waals surface area contributed by atoms with Crippen molar-refractivity contribution < 1.29 is 9.18 Å². The predicted molar refractivity (Wildman–Crippen MR) is 119 cm³/mol. The van der Waals surface area contributed by atoms with Gasteiger partial charge in [0.1, 0.15) is 11.6 Å². The molecule has 0 bridgehead atoms. The molecule has 1 atom stereocenters. The third-order valence-corrected chi connectivity index (χ3v) is 6.10. The zero-order valence-corrected chi connectivity index (χ0v) is 17.7. The van der Waals surface area contributed by atoms with E-state index in [1.54, 1.807) is 17.0 Å². The second-order valence-corrected chi connectivity index (χ2v) is 8.47. The van der Waals surface area contributed by atoms with Crippen LogP contribution in [-0.4, -0.2) is 22.0 Å². The quantitative estimate of drug-likeness (QED) is 0.400. The molecule has 5 rings (SSSR count). The number of hydrogen-bond donors (Lipinski definition) is 0. The summed E-state index contributed by atoms with van der Waals surface area (Å²) in [5.41, 5.74) is 3.88. The lowest BCUT2D eigenvalue weighted by atomic mass is 10.1. The van der Waals surface area contributed by atoms with E-state index in [1.165, 1.54) is 17.7 Å². The summed E-state index contributed by atoms with van der Waals surface area (Å²) in [6, 6.07) is 22.4. The minimum Gasteiger partial charge on any atom is -0.323 e. The Hall–Kier alpha value is -2.99. The van der Waals surface area contributed by atoms with E-state index in [4.69, 9.17) is 4.98 Å². The lowest BCUT2D eigenvalue weighted by molar-refractivity contribution is -0.117. The summed E-state index contributed by atoms with van der Waals surface area (Å²) in [6.45, 7) is 1.22. The lowest BCUT2D eigenvalue weighted by Gasteiger charge is -2.17. The van der Waals surface area contributed by atoms with Crippen LogP contribution in [-0.2, 0) is 11.3 Å². The number of carbonyl (C=O) groups is 1. The first-order chi connectivity index (χ1) is 14.6. The van der Waals surface area contributed by atoms with Gasteiger partial charge in [-0.25, -0.2) is 9.37 Å². The molecule has 3 aromatic carbocycles. The molecule has 0 spiro atoms. The Morgan fingerprint density at radius 2 is 1.73 bits per heavy atom. The Morgan fingerprint density at radius 1 is 1.00 bits per heavy atom. The second kappa shape index (κ2) is 7.69. The summed E-state index contributed by atoms with van der Waals surface area (Å²) in [5.74, 6) is 0.620. The number of hydrogen-bond acceptors (Lipinski definition) is 2. The van der Waals surface area contributed by atoms with E-state index in [1.807, 2.05) is 30.3 Å². The average molecular weight is 464 g/mol. The van der Waals surface area contributed by atoms with Gasteiger partial charge in [0.15, 0.2) is 0 Å². The largest absolute Gasteiger partial charge is 0.323 e. The van der Waals surface area contributed by atoms with Crippen molar-refractivity contribution in [2.75, 3.05) is 11.4 Å². The van der Waals surface area contributed by atoms with Crippen molar-refractivity contribution in [3.63, 3.8) is 0 Å². The number of anilines is 1. The lowest BCUT2D eigenvalue weighted by Crippen LogP contribution is -2.24. The first-order valence-electron chi connectivity index (χ1n) is 9.84. The normalized spacial score (nSPS) is 16.5. The molecule has 4 aromatic rings. The number of fused-ring (bicyclic) bond motifs is 1. The minimum atomic E-state index is -0.307. The summed E-state index contributed by atoms with van der Waals surface area (Å²) in [5, 5.41) is 0. The Bertz CT molecular complexity index is 1220. The number of aromatic nitrogens is 2. The Kier molecular flexibility index (Phi) is 4.87. The van der Waals surface area contributed by atoms with Gasteiger partial charge in [0.2, 0.25) is 5.91 Å². The zero-order chi connectivity index (χ0) is 20.7. The highest BCUT2D eigenvalue weighted by Crippen LogP contribution is 2.33. The van der Waals surface area contributed by atoms with Crippen LogP contribution in [0.25, 0.3) is 11.0 Å². The molecule has 0 aliphatic carbocycles. The Balaban J connectivity index is 1.51. The maximum atomic E-state index is 13.3. The van der Waals surface area contributed by atoms with E-state index >= 15 is 0 Å². The van der Waals surface area contributed by atoms with Crippen molar-refractivity contribution in [1.82, 2.24) is 9.55 Å². The van der Waals surface area contributed by atoms with Gasteiger partial charge in [-0.15, -0.1) is 0 Å². The molecular weight excluding hydrogens is 445 g/mol. The number of nitrogens with zero attached hydrogens (tertiary/aromatic N) is 3. The molecular formula is C24H19BrFN3O. The van der Waals surface area contributed by atoms with E-state index in [0.717, 1.165) is 27.0 Å². The SMILES string of the molecule is O=C1CC(c2nc3ccccc3n2Cc2ccc(Br)cc2)CN1c1ccc(F)cc1. The number of carbonyl (C=O) groups excluding carboxylic acids is 1. The Morgan fingerprint density at radius 3 is 2.50 bits per heavy atom. The first-order valence-corrected chi connectivity index (χ1v) is 10.6. The van der Waals surface area contributed by atoms with Gasteiger partial charge in [-0.3, -0.25) is 4.79 Å². The van der Waals surface area contributed by atoms with Crippen molar-refractivity contribution in [1.29, 1.82) is 0 Å². The zero-order valence-electron chi connectivity index (χ0n) is 16.1. The maximum absolute atomic E-state index is 13.3. The summed E-state index contributed by atoms with van der Waals surface area (Å²) >= 11 is 3.49. The van der Waals surface area contributed by atoms with Gasteiger partial charge < -0.3 is 9.47 Å². The van der Waals surface area contributed by atoms with Crippen LogP contribution in [0, 0.1) is 5.82 Å². The van der Waals surface area contributed by atoms with Gasteiger partial charge >= 0.3 is 0 Å². The number of rotatable bonds is 4. The van der Waals surface area contributed by atoms with Gasteiger partial charge in [0, 0.05) is 35.6 Å². The van der Waals surface area contributed by atoms with Crippen LogP contribution in [0.3, 0.4) is 0 Å². The van der Waals surface area contributed by atoms with Gasteiger partial charge in [0.25, 0.3) is 0 Å². The van der Waals surface area contributed by atoms with Crippen molar-refractivity contribution >= 4 is 38.6 Å². The standard InChI is InChI=1S/C24H19BrFN3O/c25-18-7-5-16(6-8-18)14-29-22-4-2-1-3-21(22)27-24(29)17-13-23(30)28(15-17)20-11-9-19(26)10-12-20/h1-12,17H,13-15H2. The molecule has 0 saturated carbocycles. The summed E-state index contributed by atoms with van der Waals surface area (Å²) < 4.78 is 16.5. The average Bonchev–Trinajstić information content (AvgIpc) is 3.31. The fourth-order valence-corrected chi connectivity index (χ4v) is 4.36. The van der Waals surface area contributed by atoms with Crippen LogP contribution < -0.4 is 4.90 Å². The molecule has 30 heavy (non-hydrogen) atoms. The Labute approximate surface area is 182 Å². The number of imidazole rings is 1. The van der Waals surface area contributed by atoms with Crippen LogP contribution in [0.2, 0.25) is 0 Å². The van der Waals surface area contributed by atoms with E-state index < -0.39 is 0 Å². The van der Waals surface area contributed by atoms with Crippen molar-refractivity contribution in [2.24, 2.45) is 0 Å². The molecule has 1 fully saturated rings. The van der Waals surface area contributed by atoms with Crippen LogP contribution in [0.5, 0.6) is 0 Å². The van der Waals surface area contributed by atoms with Gasteiger partial charge in [-0.05, 0) is 54.1 Å². The number of para-hydroxylation sites is 2. The molecule has 150 valence electrons. The molecule has 6 heteroatoms. The molecule has 4 nitrogen and oxygen atoms in total. The summed E-state index contributed by atoms with van der Waals surface area (Å²) in [4.78, 5) is 19.4. The van der Waals surface area contributed by atoms with Crippen molar-refractivity contribution in [3.8, 4) is 0 Å². The van der Waals surface area contributed by atoms with E-state index in [9.17, 15) is 9.18 Å². The summed E-state index contributed by atoms with van der Waals surface area (Å²) in [7, 11) is 0. The minimum absolute atomic E-state index is 0.0228. The molecule has 1 unspecified atom stereocenters. The molecule has 1 aromatic heterocycles. The molecule has 1 saturated heterocycles. The van der Waals surface area contributed by atoms with Crippen LogP contribution in [0.1, 0.15) is 23.7 Å². The highest BCUT2D eigenvalue weighted by molar-refractivity contribution is 9.10. The molecule has 1 amide bonds. The van der Waals surface area contributed by atoms with E-state index in [-0.39, 0.29) is 17.6 Å². The molecule has 1 aliphatic rings. The highest BCUT2D eigenvalue weighted by Gasteiger charge is 2.34. The topological polar surface area (TPSA) is 38.1 Å². The van der Waals surface area contributed by atoms with Gasteiger partial charge in [-0.2, -0.15) is 0 Å². The molecule has 2 heterocycles. The molecule has 0 radical (unpaired) electrons. The third-order valence-electron chi connectivity index (χ3n) is 5.57. The number of halogens is 2. The predicted octanol–water partition coefficient (Wildman–Crippen LogP) is 5.51.